The number of ether oxygens (including phenoxy) is 1. The molecule has 4 aromatic rings. The summed E-state index contributed by atoms with van der Waals surface area (Å²) in [6.07, 6.45) is -1.50. The lowest BCUT2D eigenvalue weighted by Crippen LogP contribution is -2.44. The number of nitrogens with zero attached hydrogens (tertiary/aromatic N) is 4. The molecule has 0 unspecified atom stereocenters. The number of aromatic hydroxyl groups is 1. The van der Waals surface area contributed by atoms with Gasteiger partial charge >= 0.3 is 6.18 Å². The van der Waals surface area contributed by atoms with E-state index in [2.05, 4.69) is 25.0 Å². The van der Waals surface area contributed by atoms with Crippen LogP contribution in [0.3, 0.4) is 0 Å². The second-order valence-electron chi connectivity index (χ2n) is 8.62. The van der Waals surface area contributed by atoms with Gasteiger partial charge in [0, 0.05) is 37.1 Å². The molecule has 2 aromatic heterocycles. The number of hydrogen-bond acceptors (Lipinski definition) is 7. The molecule has 188 valence electrons. The molecule has 5 rings (SSSR count). The van der Waals surface area contributed by atoms with Gasteiger partial charge < -0.3 is 19.6 Å². The minimum absolute atomic E-state index is 0.0421. The largest absolute Gasteiger partial charge is 0.497 e. The van der Waals surface area contributed by atoms with E-state index in [4.69, 9.17) is 4.74 Å². The van der Waals surface area contributed by atoms with Gasteiger partial charge in [-0.2, -0.15) is 23.3 Å². The van der Waals surface area contributed by atoms with Crippen LogP contribution in [0.4, 0.5) is 18.3 Å². The Morgan fingerprint density at radius 2 is 1.92 bits per heavy atom. The summed E-state index contributed by atoms with van der Waals surface area (Å²) in [7, 11) is 3.37. The van der Waals surface area contributed by atoms with Crippen molar-refractivity contribution in [2.75, 3.05) is 45.2 Å². The summed E-state index contributed by atoms with van der Waals surface area (Å²) in [5, 5.41) is 19.2. The Morgan fingerprint density at radius 3 is 2.64 bits per heavy atom. The molecule has 1 aliphatic heterocycles. The van der Waals surface area contributed by atoms with E-state index in [1.165, 1.54) is 36.7 Å². The van der Waals surface area contributed by atoms with Gasteiger partial charge in [-0.05, 0) is 48.5 Å². The van der Waals surface area contributed by atoms with Crippen molar-refractivity contribution in [3.05, 3.63) is 64.2 Å². The predicted molar refractivity (Wildman–Crippen MR) is 135 cm³/mol. The van der Waals surface area contributed by atoms with E-state index in [0.29, 0.717) is 21.1 Å². The summed E-state index contributed by atoms with van der Waals surface area (Å²) in [5.41, 5.74) is 0.998. The molecule has 0 bridgehead atoms. The topological polar surface area (TPSA) is 77.5 Å². The highest BCUT2D eigenvalue weighted by Gasteiger charge is 2.34. The predicted octanol–water partition coefficient (Wildman–Crippen LogP) is 5.09. The van der Waals surface area contributed by atoms with Crippen LogP contribution in [0.15, 0.2) is 42.6 Å². The molecule has 1 fully saturated rings. The second kappa shape index (κ2) is 9.47. The Balaban J connectivity index is 1.66. The third-order valence-corrected chi connectivity index (χ3v) is 7.37. The number of fused-ring (bicyclic) bond motifs is 1. The van der Waals surface area contributed by atoms with E-state index in [0.717, 1.165) is 43.1 Å². The maximum Gasteiger partial charge on any atom is 0.417 e. The SMILES string of the molecule is COc1ccc(C=C(c2ccc3[nH]ncc3c2)c2sc(N3CCN(C)CC3)nc2O)c(C(F)(F)F)c1. The van der Waals surface area contributed by atoms with Gasteiger partial charge in [0.2, 0.25) is 5.88 Å². The van der Waals surface area contributed by atoms with Gasteiger partial charge in [-0.15, -0.1) is 0 Å². The van der Waals surface area contributed by atoms with Crippen LogP contribution in [0.5, 0.6) is 11.6 Å². The number of benzene rings is 2. The molecule has 2 N–H and O–H groups in total. The van der Waals surface area contributed by atoms with E-state index in [1.807, 2.05) is 19.2 Å². The molecule has 3 heterocycles. The Bertz CT molecular complexity index is 1420. The Kier molecular flexibility index (Phi) is 6.35. The van der Waals surface area contributed by atoms with Gasteiger partial charge in [0.05, 0.1) is 24.4 Å². The Hall–Kier alpha value is -3.57. The molecule has 36 heavy (non-hydrogen) atoms. The van der Waals surface area contributed by atoms with Crippen molar-refractivity contribution in [2.45, 2.75) is 6.18 Å². The first kappa shape index (κ1) is 24.1. The van der Waals surface area contributed by atoms with Crippen LogP contribution in [0, 0.1) is 0 Å². The first-order valence-corrected chi connectivity index (χ1v) is 12.1. The summed E-state index contributed by atoms with van der Waals surface area (Å²) in [6.45, 7) is 3.21. The maximum atomic E-state index is 14.0. The molecule has 1 saturated heterocycles. The van der Waals surface area contributed by atoms with Crippen molar-refractivity contribution < 1.29 is 23.0 Å². The summed E-state index contributed by atoms with van der Waals surface area (Å²) in [6, 6.07) is 9.26. The third kappa shape index (κ3) is 4.76. The molecule has 0 radical (unpaired) electrons. The van der Waals surface area contributed by atoms with Crippen LogP contribution in [0.25, 0.3) is 22.6 Å². The zero-order valence-electron chi connectivity index (χ0n) is 19.6. The number of halogens is 3. The number of alkyl halides is 3. The van der Waals surface area contributed by atoms with Gasteiger partial charge in [0.25, 0.3) is 0 Å². The summed E-state index contributed by atoms with van der Waals surface area (Å²) < 4.78 is 47.0. The van der Waals surface area contributed by atoms with Crippen molar-refractivity contribution in [2.24, 2.45) is 0 Å². The average molecular weight is 516 g/mol. The van der Waals surface area contributed by atoms with E-state index < -0.39 is 11.7 Å². The summed E-state index contributed by atoms with van der Waals surface area (Å²) in [5.74, 6) is -0.103. The van der Waals surface area contributed by atoms with Crippen molar-refractivity contribution in [3.8, 4) is 11.6 Å². The van der Waals surface area contributed by atoms with E-state index >= 15 is 0 Å². The quantitative estimate of drug-likeness (QED) is 0.361. The van der Waals surface area contributed by atoms with Crippen molar-refractivity contribution in [3.63, 3.8) is 0 Å². The summed E-state index contributed by atoms with van der Waals surface area (Å²) >= 11 is 1.27. The molecule has 7 nitrogen and oxygen atoms in total. The molecule has 0 saturated carbocycles. The fourth-order valence-electron chi connectivity index (χ4n) is 4.19. The lowest BCUT2D eigenvalue weighted by molar-refractivity contribution is -0.137. The standard InChI is InChI=1S/C25H24F3N5O2S/c1-32-7-9-33(10-8-32)24-30-23(34)22(36-24)19(15-4-6-21-17(11-15)14-29-31-21)12-16-3-5-18(35-2)13-20(16)25(26,27)28/h3-6,11-14,34H,7-10H2,1-2H3,(H,29,31). The Morgan fingerprint density at radius 1 is 1.14 bits per heavy atom. The first-order valence-electron chi connectivity index (χ1n) is 11.3. The minimum Gasteiger partial charge on any atom is -0.497 e. The number of rotatable bonds is 5. The fourth-order valence-corrected chi connectivity index (χ4v) is 5.24. The smallest absolute Gasteiger partial charge is 0.417 e. The van der Waals surface area contributed by atoms with Crippen molar-refractivity contribution in [1.82, 2.24) is 20.1 Å². The zero-order valence-corrected chi connectivity index (χ0v) is 20.5. The van der Waals surface area contributed by atoms with Gasteiger partial charge in [0.15, 0.2) is 5.13 Å². The molecule has 0 atom stereocenters. The number of aromatic nitrogens is 3. The molecular weight excluding hydrogens is 491 g/mol. The molecule has 0 amide bonds. The highest BCUT2D eigenvalue weighted by Crippen LogP contribution is 2.42. The van der Waals surface area contributed by atoms with E-state index in [9.17, 15) is 18.3 Å². The first-order chi connectivity index (χ1) is 17.2. The van der Waals surface area contributed by atoms with Gasteiger partial charge in [0.1, 0.15) is 10.6 Å². The lowest BCUT2D eigenvalue weighted by atomic mass is 9.97. The number of anilines is 1. The maximum absolute atomic E-state index is 14.0. The Labute approximate surface area is 209 Å². The number of thiazole rings is 1. The van der Waals surface area contributed by atoms with Gasteiger partial charge in [-0.3, -0.25) is 5.10 Å². The highest BCUT2D eigenvalue weighted by molar-refractivity contribution is 7.17. The monoisotopic (exact) mass is 515 g/mol. The number of piperazine rings is 1. The van der Waals surface area contributed by atoms with Crippen molar-refractivity contribution >= 4 is 39.0 Å². The van der Waals surface area contributed by atoms with Crippen LogP contribution >= 0.6 is 11.3 Å². The molecule has 11 heteroatoms. The number of likely N-dealkylation sites (N-methyl/N-ethyl adjacent to an activating group) is 1. The number of nitrogens with one attached hydrogen (secondary N) is 1. The van der Waals surface area contributed by atoms with Crippen LogP contribution < -0.4 is 9.64 Å². The highest BCUT2D eigenvalue weighted by atomic mass is 32.1. The molecule has 2 aromatic carbocycles. The van der Waals surface area contributed by atoms with Gasteiger partial charge in [-0.1, -0.05) is 23.5 Å². The van der Waals surface area contributed by atoms with Crippen LogP contribution in [-0.2, 0) is 6.18 Å². The fraction of sp³-hybridized carbons (Fsp3) is 0.280. The van der Waals surface area contributed by atoms with Crippen molar-refractivity contribution in [1.29, 1.82) is 0 Å². The lowest BCUT2D eigenvalue weighted by Gasteiger charge is -2.31. The second-order valence-corrected chi connectivity index (χ2v) is 9.60. The zero-order chi connectivity index (χ0) is 25.4. The molecule has 1 aliphatic rings. The number of aromatic amines is 1. The van der Waals surface area contributed by atoms with Crippen LogP contribution in [-0.4, -0.2) is 65.5 Å². The normalized spacial score (nSPS) is 15.6. The number of H-pyrrole nitrogens is 1. The molecular formula is C25H24F3N5O2S. The van der Waals surface area contributed by atoms with Crippen LogP contribution in [0.1, 0.15) is 21.6 Å². The third-order valence-electron chi connectivity index (χ3n) is 6.23. The molecule has 0 spiro atoms. The van der Waals surface area contributed by atoms with Gasteiger partial charge in [-0.25, -0.2) is 0 Å². The number of methoxy groups -OCH3 is 1. The van der Waals surface area contributed by atoms with E-state index in [1.54, 1.807) is 12.3 Å². The van der Waals surface area contributed by atoms with Crippen LogP contribution in [0.2, 0.25) is 0 Å². The van der Waals surface area contributed by atoms with E-state index in [-0.39, 0.29) is 17.2 Å². The average Bonchev–Trinajstić information content (AvgIpc) is 3.48. The number of hydrogen-bond donors (Lipinski definition) is 2. The molecule has 0 aliphatic carbocycles. The minimum atomic E-state index is -4.60. The summed E-state index contributed by atoms with van der Waals surface area (Å²) in [4.78, 5) is 9.07.